The summed E-state index contributed by atoms with van der Waals surface area (Å²) >= 11 is 6.05. The fraction of sp³-hybridized carbons (Fsp3) is 0.294. The van der Waals surface area contributed by atoms with Gasteiger partial charge in [0.25, 0.3) is 5.91 Å². The van der Waals surface area contributed by atoms with Gasteiger partial charge < -0.3 is 5.32 Å². The molecule has 1 unspecified atom stereocenters. The zero-order chi connectivity index (χ0) is 14.8. The van der Waals surface area contributed by atoms with E-state index in [0.717, 1.165) is 25.0 Å². The van der Waals surface area contributed by atoms with Crippen LogP contribution < -0.4 is 5.32 Å². The molecule has 1 aromatic heterocycles. The molecule has 1 amide bonds. The maximum Gasteiger partial charge on any atom is 0.254 e. The maximum absolute atomic E-state index is 12.3. The average molecular weight is 301 g/mol. The predicted molar refractivity (Wildman–Crippen MR) is 83.7 cm³/mol. The Hall–Kier alpha value is -1.87. The lowest BCUT2D eigenvalue weighted by Crippen LogP contribution is -2.39. The van der Waals surface area contributed by atoms with Crippen molar-refractivity contribution in [3.05, 3.63) is 63.9 Å². The van der Waals surface area contributed by atoms with Crippen LogP contribution >= 0.6 is 11.6 Å². The van der Waals surface area contributed by atoms with Crippen LogP contribution in [0.5, 0.6) is 0 Å². The number of aromatic nitrogens is 1. The van der Waals surface area contributed by atoms with Gasteiger partial charge in [-0.15, -0.1) is 0 Å². The lowest BCUT2D eigenvalue weighted by atomic mass is 9.88. The van der Waals surface area contributed by atoms with Gasteiger partial charge in [0.2, 0.25) is 0 Å². The summed E-state index contributed by atoms with van der Waals surface area (Å²) in [6.07, 6.45) is 2.83. The Bertz CT molecular complexity index is 684. The Morgan fingerprint density at radius 3 is 2.76 bits per heavy atom. The number of nitrogens with one attached hydrogen (secondary N) is 1. The van der Waals surface area contributed by atoms with Crippen molar-refractivity contribution in [1.29, 1.82) is 0 Å². The smallest absolute Gasteiger partial charge is 0.254 e. The lowest BCUT2D eigenvalue weighted by molar-refractivity contribution is 0.0933. The molecule has 1 atom stereocenters. The van der Waals surface area contributed by atoms with Crippen molar-refractivity contribution in [2.24, 2.45) is 0 Å². The minimum atomic E-state index is -0.142. The number of amides is 1. The molecule has 0 aliphatic heterocycles. The van der Waals surface area contributed by atoms with Crippen LogP contribution in [-0.2, 0) is 12.8 Å². The van der Waals surface area contributed by atoms with Crippen LogP contribution in [0.1, 0.15) is 33.6 Å². The topological polar surface area (TPSA) is 42.0 Å². The summed E-state index contributed by atoms with van der Waals surface area (Å²) in [5.74, 6) is -0.142. The first-order valence-electron chi connectivity index (χ1n) is 7.14. The average Bonchev–Trinajstić information content (AvgIpc) is 2.47. The number of hydrogen-bond acceptors (Lipinski definition) is 2. The zero-order valence-electron chi connectivity index (χ0n) is 11.9. The molecule has 1 aliphatic carbocycles. The van der Waals surface area contributed by atoms with E-state index >= 15 is 0 Å². The fourth-order valence-electron chi connectivity index (χ4n) is 2.78. The summed E-state index contributed by atoms with van der Waals surface area (Å²) < 4.78 is 0. The summed E-state index contributed by atoms with van der Waals surface area (Å²) in [5, 5.41) is 3.34. The third-order valence-electron chi connectivity index (χ3n) is 3.91. The van der Waals surface area contributed by atoms with Crippen molar-refractivity contribution in [3.63, 3.8) is 0 Å². The highest BCUT2D eigenvalue weighted by atomic mass is 35.5. The lowest BCUT2D eigenvalue weighted by Gasteiger charge is -2.25. The van der Waals surface area contributed by atoms with Crippen LogP contribution in [0.3, 0.4) is 0 Å². The van der Waals surface area contributed by atoms with Crippen LogP contribution in [0.25, 0.3) is 0 Å². The molecule has 0 fully saturated rings. The molecule has 0 bridgehead atoms. The van der Waals surface area contributed by atoms with Gasteiger partial charge in [0.1, 0.15) is 5.15 Å². The SMILES string of the molecule is Cc1ccc(C(=O)NC2CCc3ccccc3C2)c(Cl)n1. The molecule has 3 rings (SSSR count). The normalized spacial score (nSPS) is 17.1. The van der Waals surface area contributed by atoms with Crippen LogP contribution in [0.4, 0.5) is 0 Å². The van der Waals surface area contributed by atoms with Crippen molar-refractivity contribution >= 4 is 17.5 Å². The van der Waals surface area contributed by atoms with Gasteiger partial charge in [-0.2, -0.15) is 0 Å². The van der Waals surface area contributed by atoms with Gasteiger partial charge >= 0.3 is 0 Å². The Kier molecular flexibility index (Phi) is 3.93. The van der Waals surface area contributed by atoms with Gasteiger partial charge in [-0.1, -0.05) is 35.9 Å². The molecule has 0 saturated heterocycles. The van der Waals surface area contributed by atoms with Crippen LogP contribution in [0.15, 0.2) is 36.4 Å². The fourth-order valence-corrected chi connectivity index (χ4v) is 3.06. The Morgan fingerprint density at radius 2 is 2.00 bits per heavy atom. The second kappa shape index (κ2) is 5.86. The molecule has 3 nitrogen and oxygen atoms in total. The van der Waals surface area contributed by atoms with Crippen molar-refractivity contribution in [3.8, 4) is 0 Å². The largest absolute Gasteiger partial charge is 0.349 e. The van der Waals surface area contributed by atoms with Crippen molar-refractivity contribution < 1.29 is 4.79 Å². The molecular weight excluding hydrogens is 284 g/mol. The highest BCUT2D eigenvalue weighted by molar-refractivity contribution is 6.32. The van der Waals surface area contributed by atoms with Gasteiger partial charge in [-0.25, -0.2) is 4.98 Å². The van der Waals surface area contributed by atoms with Crippen molar-refractivity contribution in [2.45, 2.75) is 32.2 Å². The number of benzene rings is 1. The number of fused-ring (bicyclic) bond motifs is 1. The highest BCUT2D eigenvalue weighted by Gasteiger charge is 2.21. The number of halogens is 1. The Morgan fingerprint density at radius 1 is 1.24 bits per heavy atom. The summed E-state index contributed by atoms with van der Waals surface area (Å²) in [4.78, 5) is 16.4. The molecule has 0 spiro atoms. The molecule has 0 radical (unpaired) electrons. The van der Waals surface area contributed by atoms with Gasteiger partial charge in [0, 0.05) is 11.7 Å². The number of nitrogens with zero attached hydrogens (tertiary/aromatic N) is 1. The van der Waals surface area contributed by atoms with E-state index in [0.29, 0.717) is 5.56 Å². The van der Waals surface area contributed by atoms with E-state index in [1.165, 1.54) is 11.1 Å². The van der Waals surface area contributed by atoms with Gasteiger partial charge in [-0.3, -0.25) is 4.79 Å². The third-order valence-corrected chi connectivity index (χ3v) is 4.20. The van der Waals surface area contributed by atoms with E-state index in [1.807, 2.05) is 13.0 Å². The van der Waals surface area contributed by atoms with Crippen molar-refractivity contribution in [2.75, 3.05) is 0 Å². The first-order chi connectivity index (χ1) is 10.1. The van der Waals surface area contributed by atoms with E-state index in [4.69, 9.17) is 11.6 Å². The molecule has 108 valence electrons. The summed E-state index contributed by atoms with van der Waals surface area (Å²) in [6, 6.07) is 12.1. The second-order valence-electron chi connectivity index (χ2n) is 5.47. The molecule has 1 aliphatic rings. The van der Waals surface area contributed by atoms with Gasteiger partial charge in [0.15, 0.2) is 0 Å². The quantitative estimate of drug-likeness (QED) is 0.864. The van der Waals surface area contributed by atoms with Crippen LogP contribution in [-0.4, -0.2) is 16.9 Å². The van der Waals surface area contributed by atoms with E-state index in [9.17, 15) is 4.79 Å². The highest BCUT2D eigenvalue weighted by Crippen LogP contribution is 2.22. The summed E-state index contributed by atoms with van der Waals surface area (Å²) in [6.45, 7) is 1.85. The summed E-state index contributed by atoms with van der Waals surface area (Å²) in [5.41, 5.74) is 3.96. The number of carbonyl (C=O) groups excluding carboxylic acids is 1. The number of pyridine rings is 1. The van der Waals surface area contributed by atoms with Gasteiger partial charge in [0.05, 0.1) is 5.56 Å². The maximum atomic E-state index is 12.3. The number of carbonyl (C=O) groups is 1. The Balaban J connectivity index is 1.71. The van der Waals surface area contributed by atoms with Gasteiger partial charge in [-0.05, 0) is 49.4 Å². The Labute approximate surface area is 129 Å². The molecule has 1 aromatic carbocycles. The van der Waals surface area contributed by atoms with E-state index in [-0.39, 0.29) is 17.1 Å². The standard InChI is InChI=1S/C17H17ClN2O/c1-11-6-9-15(16(18)19-11)17(21)20-14-8-7-12-4-2-3-5-13(12)10-14/h2-6,9,14H,7-8,10H2,1H3,(H,20,21). The molecule has 2 aromatic rings. The predicted octanol–water partition coefficient (Wildman–Crippen LogP) is 3.33. The molecule has 4 heteroatoms. The first-order valence-corrected chi connectivity index (χ1v) is 7.52. The number of rotatable bonds is 2. The second-order valence-corrected chi connectivity index (χ2v) is 5.83. The minimum Gasteiger partial charge on any atom is -0.349 e. The van der Waals surface area contributed by atoms with E-state index in [2.05, 4.69) is 28.5 Å². The van der Waals surface area contributed by atoms with Crippen molar-refractivity contribution in [1.82, 2.24) is 10.3 Å². The number of aryl methyl sites for hydroxylation is 2. The zero-order valence-corrected chi connectivity index (χ0v) is 12.7. The molecule has 0 saturated carbocycles. The van der Waals surface area contributed by atoms with Crippen LogP contribution in [0, 0.1) is 6.92 Å². The number of hydrogen-bond donors (Lipinski definition) is 1. The molecule has 21 heavy (non-hydrogen) atoms. The monoisotopic (exact) mass is 300 g/mol. The molecular formula is C17H17ClN2O. The first kappa shape index (κ1) is 14.1. The minimum absolute atomic E-state index is 0.142. The third kappa shape index (κ3) is 3.08. The molecule has 1 N–H and O–H groups in total. The summed E-state index contributed by atoms with van der Waals surface area (Å²) in [7, 11) is 0. The van der Waals surface area contributed by atoms with E-state index < -0.39 is 0 Å². The van der Waals surface area contributed by atoms with Crippen LogP contribution in [0.2, 0.25) is 5.15 Å². The van der Waals surface area contributed by atoms with E-state index in [1.54, 1.807) is 12.1 Å². The molecule has 1 heterocycles.